The van der Waals surface area contributed by atoms with Crippen molar-refractivity contribution < 1.29 is 14.3 Å². The Balaban J connectivity index is 1.59. The van der Waals surface area contributed by atoms with Crippen molar-refractivity contribution in [3.8, 4) is 18.1 Å². The molecule has 1 saturated heterocycles. The summed E-state index contributed by atoms with van der Waals surface area (Å²) in [4.78, 5) is 14.6. The average molecular weight is 356 g/mol. The van der Waals surface area contributed by atoms with Crippen molar-refractivity contribution in [2.24, 2.45) is 0 Å². The van der Waals surface area contributed by atoms with Gasteiger partial charge in [-0.1, -0.05) is 24.1 Å². The van der Waals surface area contributed by atoms with Crippen molar-refractivity contribution in [1.29, 1.82) is 0 Å². The van der Waals surface area contributed by atoms with Crippen LogP contribution in [0.2, 0.25) is 0 Å². The fourth-order valence-corrected chi connectivity index (χ4v) is 4.16. The van der Waals surface area contributed by atoms with Gasteiger partial charge in [-0.25, -0.2) is 0 Å². The maximum absolute atomic E-state index is 12.4. The fourth-order valence-electron chi connectivity index (χ4n) is 4.16. The van der Waals surface area contributed by atoms with Crippen molar-refractivity contribution in [3.05, 3.63) is 30.3 Å². The summed E-state index contributed by atoms with van der Waals surface area (Å²) in [5.41, 5.74) is -0.0324. The number of amides is 1. The molecular weight excluding hydrogens is 328 g/mol. The van der Waals surface area contributed by atoms with Gasteiger partial charge in [-0.15, -0.1) is 6.42 Å². The number of ether oxygens (including phenoxy) is 2. The minimum absolute atomic E-state index is 0.0216. The highest BCUT2D eigenvalue weighted by atomic mass is 16.5. The highest BCUT2D eigenvalue weighted by Crippen LogP contribution is 2.40. The van der Waals surface area contributed by atoms with Crippen LogP contribution in [-0.2, 0) is 9.53 Å². The fraction of sp³-hybridized carbons (Fsp3) is 0.571. The monoisotopic (exact) mass is 356 g/mol. The molecule has 3 rings (SSSR count). The van der Waals surface area contributed by atoms with E-state index in [1.807, 2.05) is 37.4 Å². The second kappa shape index (κ2) is 8.57. The second-order valence-corrected chi connectivity index (χ2v) is 7.34. The molecule has 0 aromatic heterocycles. The molecule has 0 radical (unpaired) electrons. The molecule has 2 fully saturated rings. The van der Waals surface area contributed by atoms with Crippen LogP contribution in [0.1, 0.15) is 32.1 Å². The van der Waals surface area contributed by atoms with Crippen LogP contribution in [-0.4, -0.2) is 55.3 Å². The molecule has 1 aromatic rings. The maximum Gasteiger partial charge on any atom is 0.258 e. The van der Waals surface area contributed by atoms with E-state index in [2.05, 4.69) is 16.1 Å². The number of nitrogens with one attached hydrogen (secondary N) is 1. The first-order chi connectivity index (χ1) is 12.6. The largest absolute Gasteiger partial charge is 0.484 e. The van der Waals surface area contributed by atoms with Crippen molar-refractivity contribution in [3.63, 3.8) is 0 Å². The van der Waals surface area contributed by atoms with Crippen molar-refractivity contribution in [2.45, 2.75) is 49.8 Å². The van der Waals surface area contributed by atoms with Crippen LogP contribution in [0, 0.1) is 12.3 Å². The highest BCUT2D eigenvalue weighted by molar-refractivity contribution is 5.78. The predicted molar refractivity (Wildman–Crippen MR) is 101 cm³/mol. The minimum Gasteiger partial charge on any atom is -0.484 e. The third kappa shape index (κ3) is 4.57. The summed E-state index contributed by atoms with van der Waals surface area (Å²) >= 11 is 0. The van der Waals surface area contributed by atoms with Gasteiger partial charge in [-0.3, -0.25) is 9.69 Å². The van der Waals surface area contributed by atoms with Gasteiger partial charge in [-0.2, -0.15) is 0 Å². The van der Waals surface area contributed by atoms with Crippen LogP contribution >= 0.6 is 0 Å². The van der Waals surface area contributed by atoms with Gasteiger partial charge in [0.05, 0.1) is 12.1 Å². The molecular formula is C21H28N2O3. The van der Waals surface area contributed by atoms with E-state index in [0.717, 1.165) is 38.7 Å². The van der Waals surface area contributed by atoms with Crippen LogP contribution in [0.4, 0.5) is 0 Å². The molecule has 1 amide bonds. The average Bonchev–Trinajstić information content (AvgIpc) is 3.11. The Kier molecular flexibility index (Phi) is 6.18. The molecule has 5 nitrogen and oxygen atoms in total. The van der Waals surface area contributed by atoms with Gasteiger partial charge in [0.1, 0.15) is 5.75 Å². The molecule has 1 aromatic carbocycles. The van der Waals surface area contributed by atoms with Gasteiger partial charge < -0.3 is 14.8 Å². The van der Waals surface area contributed by atoms with Gasteiger partial charge in [0.15, 0.2) is 6.61 Å². The number of hydrogen-bond donors (Lipinski definition) is 1. The number of nitrogens with zero attached hydrogens (tertiary/aromatic N) is 1. The van der Waals surface area contributed by atoms with E-state index in [1.54, 1.807) is 0 Å². The van der Waals surface area contributed by atoms with Crippen LogP contribution < -0.4 is 10.1 Å². The molecule has 5 heteroatoms. The van der Waals surface area contributed by atoms with E-state index >= 15 is 0 Å². The topological polar surface area (TPSA) is 50.8 Å². The van der Waals surface area contributed by atoms with Crippen LogP contribution in [0.15, 0.2) is 30.3 Å². The third-order valence-electron chi connectivity index (χ3n) is 5.51. The Labute approximate surface area is 156 Å². The van der Waals surface area contributed by atoms with Crippen LogP contribution in [0.25, 0.3) is 0 Å². The molecule has 26 heavy (non-hydrogen) atoms. The highest BCUT2D eigenvalue weighted by Gasteiger charge is 2.45. The Morgan fingerprint density at radius 2 is 2.23 bits per heavy atom. The number of carbonyl (C=O) groups is 1. The molecule has 1 aliphatic carbocycles. The smallest absolute Gasteiger partial charge is 0.258 e. The number of para-hydroxylation sites is 1. The molecule has 1 spiro atoms. The number of likely N-dealkylation sites (N-methyl/N-ethyl adjacent to an activating group) is 1. The lowest BCUT2D eigenvalue weighted by Crippen LogP contribution is -2.58. The van der Waals surface area contributed by atoms with Gasteiger partial charge in [0.2, 0.25) is 0 Å². The minimum atomic E-state index is -0.0961. The Morgan fingerprint density at radius 3 is 2.92 bits per heavy atom. The number of rotatable bonds is 6. The number of terminal acetylenes is 1. The molecule has 3 atom stereocenters. The zero-order valence-electron chi connectivity index (χ0n) is 15.4. The Hall–Kier alpha value is -2.03. The van der Waals surface area contributed by atoms with Gasteiger partial charge in [-0.05, 0) is 51.3 Å². The quantitative estimate of drug-likeness (QED) is 0.794. The summed E-state index contributed by atoms with van der Waals surface area (Å²) in [7, 11) is 2.03. The molecule has 1 aliphatic heterocycles. The third-order valence-corrected chi connectivity index (χ3v) is 5.51. The summed E-state index contributed by atoms with van der Waals surface area (Å²) in [5.74, 6) is 3.32. The van der Waals surface area contributed by atoms with Crippen molar-refractivity contribution >= 4 is 5.91 Å². The Morgan fingerprint density at radius 1 is 1.42 bits per heavy atom. The van der Waals surface area contributed by atoms with Crippen molar-refractivity contribution in [2.75, 3.05) is 26.8 Å². The summed E-state index contributed by atoms with van der Waals surface area (Å²) in [6.45, 7) is 1.43. The predicted octanol–water partition coefficient (Wildman–Crippen LogP) is 2.22. The molecule has 3 unspecified atom stereocenters. The van der Waals surface area contributed by atoms with Gasteiger partial charge in [0.25, 0.3) is 5.91 Å². The number of carbonyl (C=O) groups excluding carboxylic acids is 1. The summed E-state index contributed by atoms with van der Waals surface area (Å²) in [6.07, 6.45) is 10.5. The van der Waals surface area contributed by atoms with Gasteiger partial charge >= 0.3 is 0 Å². The normalized spacial score (nSPS) is 28.0. The molecule has 0 bridgehead atoms. The standard InChI is InChI=1S/C21H28N2O3/c1-3-13-23(2)19-15-21(11-7-14-26-21)12-10-18(19)22-20(24)16-25-17-8-5-4-6-9-17/h1,4-6,8-9,18-19H,7,10-16H2,2H3,(H,22,24). The summed E-state index contributed by atoms with van der Waals surface area (Å²) in [5, 5.41) is 3.16. The molecule has 1 heterocycles. The number of hydrogen-bond acceptors (Lipinski definition) is 4. The lowest BCUT2D eigenvalue weighted by Gasteiger charge is -2.45. The lowest BCUT2D eigenvalue weighted by atomic mass is 9.76. The van der Waals surface area contributed by atoms with E-state index in [1.165, 1.54) is 0 Å². The zero-order valence-corrected chi connectivity index (χ0v) is 15.4. The molecule has 1 saturated carbocycles. The van der Waals surface area contributed by atoms with Crippen LogP contribution in [0.5, 0.6) is 5.75 Å². The maximum atomic E-state index is 12.4. The first-order valence-corrected chi connectivity index (χ1v) is 9.37. The van der Waals surface area contributed by atoms with Crippen LogP contribution in [0.3, 0.4) is 0 Å². The summed E-state index contributed by atoms with van der Waals surface area (Å²) in [6, 6.07) is 9.63. The summed E-state index contributed by atoms with van der Waals surface area (Å²) < 4.78 is 11.6. The van der Waals surface area contributed by atoms with E-state index in [0.29, 0.717) is 12.3 Å². The Bertz CT molecular complexity index is 634. The van der Waals surface area contributed by atoms with E-state index in [4.69, 9.17) is 15.9 Å². The van der Waals surface area contributed by atoms with Gasteiger partial charge in [0, 0.05) is 18.7 Å². The number of benzene rings is 1. The SMILES string of the molecule is C#CCN(C)C1CC2(CCCO2)CCC1NC(=O)COc1ccccc1. The van der Waals surface area contributed by atoms with Crippen molar-refractivity contribution in [1.82, 2.24) is 10.2 Å². The zero-order chi connectivity index (χ0) is 18.4. The molecule has 2 aliphatic rings. The van der Waals surface area contributed by atoms with E-state index < -0.39 is 0 Å². The second-order valence-electron chi connectivity index (χ2n) is 7.34. The van der Waals surface area contributed by atoms with E-state index in [9.17, 15) is 4.79 Å². The first kappa shape index (κ1) is 18.8. The molecule has 140 valence electrons. The molecule has 1 N–H and O–H groups in total. The van der Waals surface area contributed by atoms with E-state index in [-0.39, 0.29) is 30.2 Å². The first-order valence-electron chi connectivity index (χ1n) is 9.37. The lowest BCUT2D eigenvalue weighted by molar-refractivity contribution is -0.125.